The molecule has 1 N–H and O–H groups in total. The number of hydrogen-bond acceptors (Lipinski definition) is 3. The number of aliphatic carboxylic acids is 1. The van der Waals surface area contributed by atoms with Crippen LogP contribution in [0, 0.1) is 25.7 Å². The van der Waals surface area contributed by atoms with Crippen molar-refractivity contribution in [1.82, 2.24) is 4.90 Å². The maximum absolute atomic E-state index is 12.7. The molecule has 0 aromatic heterocycles. The normalized spacial score (nSPS) is 21.1. The van der Waals surface area contributed by atoms with Crippen molar-refractivity contribution in [2.45, 2.75) is 34.1 Å². The predicted octanol–water partition coefficient (Wildman–Crippen LogP) is 2.88. The number of piperidine rings is 1. The van der Waals surface area contributed by atoms with Gasteiger partial charge in [0.2, 0.25) is 0 Å². The molecule has 1 saturated heterocycles. The smallest absolute Gasteiger partial charge is 0.341 e. The average Bonchev–Trinajstić information content (AvgIpc) is 2.48. The molecule has 5 heteroatoms. The number of rotatable bonds is 4. The number of aryl methyl sites for hydroxylation is 2. The van der Waals surface area contributed by atoms with Gasteiger partial charge in [-0.05, 0) is 55.4 Å². The Bertz CT molecular complexity index is 588. The van der Waals surface area contributed by atoms with Crippen molar-refractivity contribution in [3.8, 4) is 5.75 Å². The molecule has 1 amide bonds. The van der Waals surface area contributed by atoms with Gasteiger partial charge in [-0.2, -0.15) is 0 Å². The fraction of sp³-hybridized carbons (Fsp3) is 0.556. The standard InChI is InChI=1S/C18H25NO4/c1-11-5-6-19(9-14(11)4)18(22)15-7-12(2)17(13(3)8-15)23-10-16(20)21/h7-8,11,14H,5-6,9-10H2,1-4H3,(H,20,21). The Labute approximate surface area is 137 Å². The first kappa shape index (κ1) is 17.3. The highest BCUT2D eigenvalue weighted by atomic mass is 16.5. The van der Waals surface area contributed by atoms with Crippen molar-refractivity contribution in [1.29, 1.82) is 0 Å². The molecule has 1 fully saturated rings. The number of carbonyl (C=O) groups excluding carboxylic acids is 1. The van der Waals surface area contributed by atoms with Crippen LogP contribution in [0.4, 0.5) is 0 Å². The first-order valence-corrected chi connectivity index (χ1v) is 8.04. The molecule has 2 atom stereocenters. The molecule has 1 aromatic carbocycles. The van der Waals surface area contributed by atoms with Gasteiger partial charge in [0, 0.05) is 18.7 Å². The van der Waals surface area contributed by atoms with Gasteiger partial charge >= 0.3 is 5.97 Å². The molecule has 0 spiro atoms. The minimum absolute atomic E-state index is 0.0414. The van der Waals surface area contributed by atoms with E-state index in [1.165, 1.54) is 0 Å². The van der Waals surface area contributed by atoms with E-state index in [2.05, 4.69) is 13.8 Å². The highest BCUT2D eigenvalue weighted by molar-refractivity contribution is 5.95. The van der Waals surface area contributed by atoms with Crippen LogP contribution in [0.25, 0.3) is 0 Å². The van der Waals surface area contributed by atoms with Crippen LogP contribution >= 0.6 is 0 Å². The number of carboxylic acids is 1. The van der Waals surface area contributed by atoms with Crippen LogP contribution in [0.5, 0.6) is 5.75 Å². The zero-order chi connectivity index (χ0) is 17.1. The topological polar surface area (TPSA) is 66.8 Å². The maximum atomic E-state index is 12.7. The van der Waals surface area contributed by atoms with Crippen LogP contribution < -0.4 is 4.74 Å². The predicted molar refractivity (Wildman–Crippen MR) is 87.9 cm³/mol. The zero-order valence-electron chi connectivity index (χ0n) is 14.3. The third kappa shape index (κ3) is 4.03. The van der Waals surface area contributed by atoms with Crippen molar-refractivity contribution in [2.24, 2.45) is 11.8 Å². The summed E-state index contributed by atoms with van der Waals surface area (Å²) in [6, 6.07) is 3.57. The summed E-state index contributed by atoms with van der Waals surface area (Å²) in [5.74, 6) is 0.729. The van der Waals surface area contributed by atoms with E-state index in [4.69, 9.17) is 9.84 Å². The van der Waals surface area contributed by atoms with Gasteiger partial charge in [-0.1, -0.05) is 13.8 Å². The molecule has 1 heterocycles. The van der Waals surface area contributed by atoms with Crippen LogP contribution in [0.15, 0.2) is 12.1 Å². The first-order valence-electron chi connectivity index (χ1n) is 8.04. The molecule has 0 saturated carbocycles. The SMILES string of the molecule is Cc1cc(C(=O)N2CCC(C)C(C)C2)cc(C)c1OCC(=O)O. The third-order valence-electron chi connectivity index (χ3n) is 4.67. The molecule has 2 rings (SSSR count). The second-order valence-corrected chi connectivity index (χ2v) is 6.62. The molecular weight excluding hydrogens is 294 g/mol. The molecule has 126 valence electrons. The summed E-state index contributed by atoms with van der Waals surface area (Å²) >= 11 is 0. The number of likely N-dealkylation sites (tertiary alicyclic amines) is 1. The summed E-state index contributed by atoms with van der Waals surface area (Å²) in [4.78, 5) is 25.3. The van der Waals surface area contributed by atoms with E-state index in [-0.39, 0.29) is 12.5 Å². The molecule has 1 aromatic rings. The van der Waals surface area contributed by atoms with Crippen LogP contribution in [-0.2, 0) is 4.79 Å². The molecule has 0 radical (unpaired) electrons. The number of hydrogen-bond donors (Lipinski definition) is 1. The number of ether oxygens (including phenoxy) is 1. The van der Waals surface area contributed by atoms with Crippen molar-refractivity contribution in [3.63, 3.8) is 0 Å². The number of amides is 1. The lowest BCUT2D eigenvalue weighted by molar-refractivity contribution is -0.139. The van der Waals surface area contributed by atoms with E-state index in [1.807, 2.05) is 18.7 Å². The summed E-state index contributed by atoms with van der Waals surface area (Å²) < 4.78 is 5.32. The van der Waals surface area contributed by atoms with Gasteiger partial charge in [0.25, 0.3) is 5.91 Å². The highest BCUT2D eigenvalue weighted by Gasteiger charge is 2.27. The van der Waals surface area contributed by atoms with Crippen LogP contribution in [0.2, 0.25) is 0 Å². The van der Waals surface area contributed by atoms with E-state index in [0.717, 1.165) is 30.6 Å². The van der Waals surface area contributed by atoms with Crippen molar-refractivity contribution in [2.75, 3.05) is 19.7 Å². The van der Waals surface area contributed by atoms with Crippen LogP contribution in [0.1, 0.15) is 41.8 Å². The molecule has 5 nitrogen and oxygen atoms in total. The molecule has 1 aliphatic rings. The Kier molecular flexibility index (Phi) is 5.29. The molecule has 2 unspecified atom stereocenters. The molecule has 0 bridgehead atoms. The largest absolute Gasteiger partial charge is 0.481 e. The minimum Gasteiger partial charge on any atom is -0.481 e. The quantitative estimate of drug-likeness (QED) is 0.926. The monoisotopic (exact) mass is 319 g/mol. The van der Waals surface area contributed by atoms with Crippen molar-refractivity contribution in [3.05, 3.63) is 28.8 Å². The summed E-state index contributed by atoms with van der Waals surface area (Å²) in [7, 11) is 0. The van der Waals surface area contributed by atoms with Gasteiger partial charge in [-0.25, -0.2) is 4.79 Å². The third-order valence-corrected chi connectivity index (χ3v) is 4.67. The Morgan fingerprint density at radius 1 is 1.22 bits per heavy atom. The Morgan fingerprint density at radius 2 is 1.83 bits per heavy atom. The molecular formula is C18H25NO4. The maximum Gasteiger partial charge on any atom is 0.341 e. The lowest BCUT2D eigenvalue weighted by Crippen LogP contribution is -2.42. The summed E-state index contributed by atoms with van der Waals surface area (Å²) in [6.45, 7) is 9.29. The molecule has 23 heavy (non-hydrogen) atoms. The number of carbonyl (C=O) groups is 2. The van der Waals surface area contributed by atoms with Gasteiger partial charge in [0.05, 0.1) is 0 Å². The fourth-order valence-electron chi connectivity index (χ4n) is 3.07. The number of benzene rings is 1. The lowest BCUT2D eigenvalue weighted by Gasteiger charge is -2.35. The van der Waals surface area contributed by atoms with Crippen molar-refractivity contribution >= 4 is 11.9 Å². The van der Waals surface area contributed by atoms with E-state index in [1.54, 1.807) is 12.1 Å². The van der Waals surface area contributed by atoms with Gasteiger partial charge in [-0.3, -0.25) is 4.79 Å². The zero-order valence-corrected chi connectivity index (χ0v) is 14.3. The summed E-state index contributed by atoms with van der Waals surface area (Å²) in [5, 5.41) is 8.73. The van der Waals surface area contributed by atoms with Gasteiger partial charge in [0.1, 0.15) is 5.75 Å². The average molecular weight is 319 g/mol. The number of carboxylic acid groups (broad SMARTS) is 1. The highest BCUT2D eigenvalue weighted by Crippen LogP contribution is 2.28. The van der Waals surface area contributed by atoms with Crippen LogP contribution in [0.3, 0.4) is 0 Å². The van der Waals surface area contributed by atoms with Gasteiger partial charge in [-0.15, -0.1) is 0 Å². The number of nitrogens with zero attached hydrogens (tertiary/aromatic N) is 1. The fourth-order valence-corrected chi connectivity index (χ4v) is 3.07. The van der Waals surface area contributed by atoms with Crippen molar-refractivity contribution < 1.29 is 19.4 Å². The summed E-state index contributed by atoms with van der Waals surface area (Å²) in [6.07, 6.45) is 1.03. The second-order valence-electron chi connectivity index (χ2n) is 6.62. The lowest BCUT2D eigenvalue weighted by atomic mass is 9.88. The van der Waals surface area contributed by atoms with E-state index in [9.17, 15) is 9.59 Å². The van der Waals surface area contributed by atoms with Gasteiger partial charge < -0.3 is 14.7 Å². The van der Waals surface area contributed by atoms with Crippen LogP contribution in [-0.4, -0.2) is 41.6 Å². The second kappa shape index (κ2) is 7.02. The molecule has 0 aliphatic carbocycles. The first-order chi connectivity index (χ1) is 10.8. The van der Waals surface area contributed by atoms with Gasteiger partial charge in [0.15, 0.2) is 6.61 Å². The summed E-state index contributed by atoms with van der Waals surface area (Å²) in [5.41, 5.74) is 2.21. The van der Waals surface area contributed by atoms with E-state index >= 15 is 0 Å². The molecule has 1 aliphatic heterocycles. The minimum atomic E-state index is -1.01. The van der Waals surface area contributed by atoms with E-state index < -0.39 is 5.97 Å². The Hall–Kier alpha value is -2.04. The Morgan fingerprint density at radius 3 is 2.35 bits per heavy atom. The Balaban J connectivity index is 2.17. The van der Waals surface area contributed by atoms with E-state index in [0.29, 0.717) is 23.1 Å².